The Hall–Kier alpha value is -2.90. The van der Waals surface area contributed by atoms with Crippen LogP contribution in [0.15, 0.2) is 29.6 Å². The van der Waals surface area contributed by atoms with Gasteiger partial charge in [-0.25, -0.2) is 4.98 Å². The Labute approximate surface area is 244 Å². The number of amides is 2. The smallest absolute Gasteiger partial charge is 0.251 e. The summed E-state index contributed by atoms with van der Waals surface area (Å²) in [6, 6.07) is 5.58. The first-order chi connectivity index (χ1) is 19.7. The number of aliphatic hydroxyl groups excluding tert-OH is 1. The van der Waals surface area contributed by atoms with E-state index >= 15 is 0 Å². The van der Waals surface area contributed by atoms with Gasteiger partial charge < -0.3 is 29.7 Å². The number of carbonyl (C=O) groups is 3. The average molecular weight is 586 g/mol. The maximum Gasteiger partial charge on any atom is 0.251 e. The summed E-state index contributed by atoms with van der Waals surface area (Å²) >= 11 is 1.62. The van der Waals surface area contributed by atoms with Crippen LogP contribution in [0.4, 0.5) is 5.13 Å². The molecule has 1 unspecified atom stereocenters. The lowest BCUT2D eigenvalue weighted by Gasteiger charge is -2.34. The largest absolute Gasteiger partial charge is 0.388 e. The fraction of sp³-hybridized carbons (Fsp3) is 0.586. The third kappa shape index (κ3) is 6.62. The number of aromatic nitrogens is 1. The molecule has 0 saturated carbocycles. The molecule has 4 atom stereocenters. The highest BCUT2D eigenvalue weighted by molar-refractivity contribution is 7.14. The van der Waals surface area contributed by atoms with Crippen LogP contribution in [-0.2, 0) is 19.1 Å². The van der Waals surface area contributed by atoms with Gasteiger partial charge in [-0.05, 0) is 24.5 Å². The van der Waals surface area contributed by atoms with E-state index in [0.717, 1.165) is 55.7 Å². The minimum absolute atomic E-state index is 0.0121. The standard InChI is InChI=1S/C29H39N5O6S/c1-18(2)14-21(28(38)34-15-23(35)26-25(34)24(36)16-40-26)30-27(37)20-6-4-19(5-7-20)22-17-41-29(31-22)33-10-8-32(9-11-33)12-13-39-3/h4-7,17-18,21,23,25-26,35H,8-16H2,1-3H3,(H,30,37)/t21?,23-,25-,26-/m1/s1. The maximum absolute atomic E-state index is 13.5. The second kappa shape index (κ2) is 13.0. The average Bonchev–Trinajstić information content (AvgIpc) is 3.69. The number of piperazine rings is 1. The highest BCUT2D eigenvalue weighted by atomic mass is 32.1. The van der Waals surface area contributed by atoms with Gasteiger partial charge in [0.05, 0.1) is 18.8 Å². The van der Waals surface area contributed by atoms with E-state index in [0.29, 0.717) is 12.0 Å². The quantitative estimate of drug-likeness (QED) is 0.424. The Morgan fingerprint density at radius 2 is 1.93 bits per heavy atom. The van der Waals surface area contributed by atoms with E-state index in [4.69, 9.17) is 14.5 Å². The van der Waals surface area contributed by atoms with Crippen LogP contribution < -0.4 is 10.2 Å². The van der Waals surface area contributed by atoms with Crippen LogP contribution in [0, 0.1) is 5.92 Å². The summed E-state index contributed by atoms with van der Waals surface area (Å²) in [7, 11) is 1.73. The van der Waals surface area contributed by atoms with Crippen molar-refractivity contribution >= 4 is 34.1 Å². The number of thiazole rings is 1. The zero-order chi connectivity index (χ0) is 29.1. The number of ketones is 1. The van der Waals surface area contributed by atoms with E-state index in [1.165, 1.54) is 4.90 Å². The molecule has 2 aromatic rings. The molecule has 222 valence electrons. The number of hydrogen-bond acceptors (Lipinski definition) is 10. The Kier molecular flexibility index (Phi) is 9.35. The minimum atomic E-state index is -0.921. The van der Waals surface area contributed by atoms with Crippen LogP contribution in [0.1, 0.15) is 30.6 Å². The van der Waals surface area contributed by atoms with Gasteiger partial charge in [0.2, 0.25) is 5.91 Å². The fourth-order valence-electron chi connectivity index (χ4n) is 5.71. The first-order valence-corrected chi connectivity index (χ1v) is 15.1. The monoisotopic (exact) mass is 585 g/mol. The highest BCUT2D eigenvalue weighted by Gasteiger charge is 2.52. The van der Waals surface area contributed by atoms with Crippen molar-refractivity contribution in [1.29, 1.82) is 0 Å². The number of aliphatic hydroxyl groups is 1. The van der Waals surface area contributed by atoms with Crippen molar-refractivity contribution in [3.8, 4) is 11.3 Å². The van der Waals surface area contributed by atoms with Crippen LogP contribution in [0.5, 0.6) is 0 Å². The van der Waals surface area contributed by atoms with Gasteiger partial charge in [0.1, 0.15) is 30.9 Å². The van der Waals surface area contributed by atoms with Crippen molar-refractivity contribution in [3.05, 3.63) is 35.2 Å². The molecular weight excluding hydrogens is 546 g/mol. The van der Waals surface area contributed by atoms with E-state index < -0.39 is 24.3 Å². The number of hydrogen-bond donors (Lipinski definition) is 2. The number of benzene rings is 1. The normalized spacial score (nSPS) is 23.7. The number of methoxy groups -OCH3 is 1. The number of nitrogens with zero attached hydrogens (tertiary/aromatic N) is 4. The van der Waals surface area contributed by atoms with Crippen LogP contribution in [0.3, 0.4) is 0 Å². The number of nitrogens with one attached hydrogen (secondary N) is 1. The van der Waals surface area contributed by atoms with E-state index in [2.05, 4.69) is 15.1 Å². The van der Waals surface area contributed by atoms with Crippen molar-refractivity contribution in [1.82, 2.24) is 20.1 Å². The molecule has 3 aliphatic rings. The molecule has 1 aromatic heterocycles. The summed E-state index contributed by atoms with van der Waals surface area (Å²) in [5.41, 5.74) is 2.20. The van der Waals surface area contributed by atoms with Crippen LogP contribution >= 0.6 is 11.3 Å². The first kappa shape index (κ1) is 29.6. The second-order valence-electron chi connectivity index (χ2n) is 11.3. The number of Topliss-reactive ketones (excluding diaryl/α,β-unsaturated/α-hetero) is 1. The molecule has 3 saturated heterocycles. The van der Waals surface area contributed by atoms with Gasteiger partial charge in [0, 0.05) is 56.3 Å². The van der Waals surface area contributed by atoms with Crippen molar-refractivity contribution in [3.63, 3.8) is 0 Å². The van der Waals surface area contributed by atoms with E-state index in [1.54, 1.807) is 30.6 Å². The SMILES string of the molecule is COCCN1CCN(c2nc(-c3ccc(C(=O)NC(CC(C)C)C(=O)N4C[C@@H](O)[C@H]5OCC(=O)[C@H]54)cc3)cs2)CC1. The van der Waals surface area contributed by atoms with Crippen molar-refractivity contribution < 1.29 is 29.0 Å². The van der Waals surface area contributed by atoms with Crippen molar-refractivity contribution in [2.75, 3.05) is 64.5 Å². The van der Waals surface area contributed by atoms with Gasteiger partial charge in [-0.15, -0.1) is 11.3 Å². The predicted molar refractivity (Wildman–Crippen MR) is 155 cm³/mol. The summed E-state index contributed by atoms with van der Waals surface area (Å²) in [6.07, 6.45) is -1.22. The Morgan fingerprint density at radius 3 is 2.61 bits per heavy atom. The van der Waals surface area contributed by atoms with Crippen LogP contribution in [-0.4, -0.2) is 121 Å². The molecule has 2 amide bonds. The van der Waals surface area contributed by atoms with Gasteiger partial charge in [-0.3, -0.25) is 19.3 Å². The molecule has 0 spiro atoms. The third-order valence-corrected chi connectivity index (χ3v) is 8.84. The number of ether oxygens (including phenoxy) is 2. The number of carbonyl (C=O) groups excluding carboxylic acids is 3. The molecule has 1 aromatic carbocycles. The molecule has 5 rings (SSSR count). The molecule has 3 aliphatic heterocycles. The van der Waals surface area contributed by atoms with Gasteiger partial charge in [0.15, 0.2) is 10.9 Å². The molecule has 11 nitrogen and oxygen atoms in total. The summed E-state index contributed by atoms with van der Waals surface area (Å²) < 4.78 is 10.6. The van der Waals surface area contributed by atoms with Gasteiger partial charge in [-0.1, -0.05) is 26.0 Å². The zero-order valence-corrected chi connectivity index (χ0v) is 24.6. The Bertz CT molecular complexity index is 1230. The first-order valence-electron chi connectivity index (χ1n) is 14.2. The molecule has 2 N–H and O–H groups in total. The maximum atomic E-state index is 13.5. The van der Waals surface area contributed by atoms with Crippen LogP contribution in [0.25, 0.3) is 11.3 Å². The topological polar surface area (TPSA) is 125 Å². The lowest BCUT2D eigenvalue weighted by Crippen LogP contribution is -2.52. The number of likely N-dealkylation sites (tertiary alicyclic amines) is 1. The van der Waals surface area contributed by atoms with Gasteiger partial charge in [-0.2, -0.15) is 0 Å². The second-order valence-corrected chi connectivity index (χ2v) is 12.2. The zero-order valence-electron chi connectivity index (χ0n) is 23.8. The molecule has 41 heavy (non-hydrogen) atoms. The molecule has 3 fully saturated rings. The van der Waals surface area contributed by atoms with Gasteiger partial charge in [0.25, 0.3) is 5.91 Å². The van der Waals surface area contributed by atoms with Crippen molar-refractivity contribution in [2.24, 2.45) is 5.92 Å². The van der Waals surface area contributed by atoms with E-state index in [9.17, 15) is 19.5 Å². The Morgan fingerprint density at radius 1 is 1.20 bits per heavy atom. The number of fused-ring (bicyclic) bond motifs is 1. The summed E-state index contributed by atoms with van der Waals surface area (Å²) in [6.45, 7) is 9.31. The van der Waals surface area contributed by atoms with E-state index in [1.807, 2.05) is 31.4 Å². The minimum Gasteiger partial charge on any atom is -0.388 e. The summed E-state index contributed by atoms with van der Waals surface area (Å²) in [5, 5.41) is 16.2. The van der Waals surface area contributed by atoms with E-state index in [-0.39, 0.29) is 36.7 Å². The molecule has 0 bridgehead atoms. The lowest BCUT2D eigenvalue weighted by molar-refractivity contribution is -0.138. The highest BCUT2D eigenvalue weighted by Crippen LogP contribution is 2.30. The van der Waals surface area contributed by atoms with Gasteiger partial charge >= 0.3 is 0 Å². The molecular formula is C29H39N5O6S. The third-order valence-electron chi connectivity index (χ3n) is 7.94. The number of anilines is 1. The van der Waals surface area contributed by atoms with Crippen LogP contribution in [0.2, 0.25) is 0 Å². The summed E-state index contributed by atoms with van der Waals surface area (Å²) in [4.78, 5) is 50.0. The predicted octanol–water partition coefficient (Wildman–Crippen LogP) is 1.26. The molecule has 0 aliphatic carbocycles. The number of β-amino-alcohol motifs (C(OH)–C–C–N with tert-alkyl or cyclic N) is 1. The lowest BCUT2D eigenvalue weighted by atomic mass is 10.0. The summed E-state index contributed by atoms with van der Waals surface area (Å²) in [5.74, 6) is -0.841. The molecule has 12 heteroatoms. The number of rotatable bonds is 10. The van der Waals surface area contributed by atoms with Crippen molar-refractivity contribution in [2.45, 2.75) is 44.6 Å². The fourth-order valence-corrected chi connectivity index (χ4v) is 6.60. The Balaban J connectivity index is 1.21. The molecule has 0 radical (unpaired) electrons. The molecule has 4 heterocycles.